The van der Waals surface area contributed by atoms with Crippen molar-refractivity contribution in [1.29, 1.82) is 0 Å². The van der Waals surface area contributed by atoms with Gasteiger partial charge in [-0.3, -0.25) is 9.48 Å². The summed E-state index contributed by atoms with van der Waals surface area (Å²) in [5.74, 6) is 1.05. The second-order valence-electron chi connectivity index (χ2n) is 6.70. The van der Waals surface area contributed by atoms with E-state index >= 15 is 0 Å². The van der Waals surface area contributed by atoms with E-state index in [0.29, 0.717) is 5.56 Å². The predicted octanol–water partition coefficient (Wildman–Crippen LogP) is 2.39. The fraction of sp³-hybridized carbons (Fsp3) is 0.500. The largest absolute Gasteiger partial charge is 0.357 e. The first kappa shape index (κ1) is 15.2. The third-order valence-corrected chi connectivity index (χ3v) is 5.05. The molecule has 0 N–H and O–H groups in total. The molecule has 6 heteroatoms. The number of carbonyl (C=O) groups excluding carboxylic acids is 1. The van der Waals surface area contributed by atoms with Gasteiger partial charge in [-0.2, -0.15) is 5.10 Å². The minimum Gasteiger partial charge on any atom is -0.357 e. The third-order valence-electron chi connectivity index (χ3n) is 5.05. The van der Waals surface area contributed by atoms with E-state index in [0.717, 1.165) is 43.9 Å². The van der Waals surface area contributed by atoms with Crippen LogP contribution in [0.25, 0.3) is 0 Å². The van der Waals surface area contributed by atoms with Crippen molar-refractivity contribution in [3.05, 3.63) is 41.9 Å². The lowest BCUT2D eigenvalue weighted by atomic mass is 10.1. The lowest BCUT2D eigenvalue weighted by Gasteiger charge is -2.24. The molecular weight excluding hydrogens is 302 g/mol. The summed E-state index contributed by atoms with van der Waals surface area (Å²) in [6.45, 7) is 2.93. The van der Waals surface area contributed by atoms with Crippen molar-refractivity contribution in [2.24, 2.45) is 7.05 Å². The predicted molar refractivity (Wildman–Crippen MR) is 91.9 cm³/mol. The molecule has 0 saturated carbocycles. The molecule has 4 rings (SSSR count). The van der Waals surface area contributed by atoms with E-state index < -0.39 is 0 Å². The lowest BCUT2D eigenvalue weighted by Crippen LogP contribution is -2.30. The molecule has 1 atom stereocenters. The van der Waals surface area contributed by atoms with Gasteiger partial charge in [-0.05, 0) is 37.8 Å². The van der Waals surface area contributed by atoms with Crippen molar-refractivity contribution < 1.29 is 4.79 Å². The molecule has 2 aliphatic heterocycles. The number of pyridine rings is 1. The third kappa shape index (κ3) is 2.77. The van der Waals surface area contributed by atoms with Crippen molar-refractivity contribution in [2.45, 2.75) is 31.7 Å². The van der Waals surface area contributed by atoms with Gasteiger partial charge in [0.15, 0.2) is 0 Å². The molecule has 6 nitrogen and oxygen atoms in total. The molecule has 0 radical (unpaired) electrons. The average Bonchev–Trinajstić information content (AvgIpc) is 3.35. The highest BCUT2D eigenvalue weighted by Gasteiger charge is 2.31. The van der Waals surface area contributed by atoms with Crippen LogP contribution in [0.4, 0.5) is 5.82 Å². The highest BCUT2D eigenvalue weighted by atomic mass is 16.2. The zero-order valence-corrected chi connectivity index (χ0v) is 14.1. The van der Waals surface area contributed by atoms with Crippen molar-refractivity contribution in [1.82, 2.24) is 19.7 Å². The van der Waals surface area contributed by atoms with Gasteiger partial charge in [0.2, 0.25) is 0 Å². The quantitative estimate of drug-likeness (QED) is 0.869. The van der Waals surface area contributed by atoms with Gasteiger partial charge in [-0.25, -0.2) is 4.98 Å². The van der Waals surface area contributed by atoms with E-state index in [4.69, 9.17) is 0 Å². The molecule has 4 heterocycles. The van der Waals surface area contributed by atoms with Gasteiger partial charge in [-0.1, -0.05) is 0 Å². The van der Waals surface area contributed by atoms with Crippen LogP contribution < -0.4 is 4.90 Å². The van der Waals surface area contributed by atoms with Crippen molar-refractivity contribution in [3.8, 4) is 0 Å². The maximum atomic E-state index is 12.9. The molecule has 1 amide bonds. The van der Waals surface area contributed by atoms with Gasteiger partial charge < -0.3 is 9.80 Å². The van der Waals surface area contributed by atoms with Crippen LogP contribution >= 0.6 is 0 Å². The second kappa shape index (κ2) is 6.26. The molecule has 0 aliphatic carbocycles. The van der Waals surface area contributed by atoms with Crippen LogP contribution in [0.1, 0.15) is 47.6 Å². The van der Waals surface area contributed by atoms with E-state index in [2.05, 4.69) is 15.0 Å². The molecule has 2 fully saturated rings. The zero-order valence-electron chi connectivity index (χ0n) is 14.1. The van der Waals surface area contributed by atoms with E-state index in [1.807, 2.05) is 36.5 Å². The van der Waals surface area contributed by atoms with Crippen molar-refractivity contribution in [3.63, 3.8) is 0 Å². The number of aromatic nitrogens is 3. The molecule has 0 spiro atoms. The van der Waals surface area contributed by atoms with Crippen LogP contribution in [0.15, 0.2) is 30.7 Å². The first-order chi connectivity index (χ1) is 11.7. The average molecular weight is 325 g/mol. The lowest BCUT2D eigenvalue weighted by molar-refractivity contribution is 0.0735. The Morgan fingerprint density at radius 3 is 2.62 bits per heavy atom. The Morgan fingerprint density at radius 1 is 1.12 bits per heavy atom. The number of rotatable bonds is 3. The first-order valence-corrected chi connectivity index (χ1v) is 8.73. The van der Waals surface area contributed by atoms with E-state index in [-0.39, 0.29) is 11.9 Å². The molecular formula is C18H23N5O. The first-order valence-electron chi connectivity index (χ1n) is 8.73. The Labute approximate surface area is 142 Å². The number of amides is 1. The number of carbonyl (C=O) groups is 1. The van der Waals surface area contributed by atoms with Crippen LogP contribution in [0.2, 0.25) is 0 Å². The Bertz CT molecular complexity index is 717. The molecule has 2 aliphatic rings. The van der Waals surface area contributed by atoms with Gasteiger partial charge in [0.25, 0.3) is 5.91 Å². The molecule has 2 aromatic rings. The Kier molecular flexibility index (Phi) is 3.96. The second-order valence-corrected chi connectivity index (χ2v) is 6.70. The molecule has 0 aromatic carbocycles. The SMILES string of the molecule is Cn1cc(C2CCCN2C(=O)c2ccc(N3CCCC3)nc2)cn1. The van der Waals surface area contributed by atoms with Crippen molar-refractivity contribution >= 4 is 11.7 Å². The summed E-state index contributed by atoms with van der Waals surface area (Å²) in [6.07, 6.45) is 10.1. The molecule has 2 aromatic heterocycles. The highest BCUT2D eigenvalue weighted by molar-refractivity contribution is 5.94. The minimum absolute atomic E-state index is 0.0711. The Hall–Kier alpha value is -2.37. The monoisotopic (exact) mass is 325 g/mol. The van der Waals surface area contributed by atoms with E-state index in [1.54, 1.807) is 10.9 Å². The summed E-state index contributed by atoms with van der Waals surface area (Å²) >= 11 is 0. The standard InChI is InChI=1S/C18H23N5O/c1-21-13-15(12-20-21)16-5-4-10-23(16)18(24)14-6-7-17(19-11-14)22-8-2-3-9-22/h6-7,11-13,16H,2-5,8-10H2,1H3. The molecule has 24 heavy (non-hydrogen) atoms. The Morgan fingerprint density at radius 2 is 1.96 bits per heavy atom. The van der Waals surface area contributed by atoms with E-state index in [1.165, 1.54) is 12.8 Å². The van der Waals surface area contributed by atoms with Crippen LogP contribution in [-0.2, 0) is 7.05 Å². The number of hydrogen-bond donors (Lipinski definition) is 0. The fourth-order valence-electron chi connectivity index (χ4n) is 3.78. The molecule has 0 bridgehead atoms. The summed E-state index contributed by atoms with van der Waals surface area (Å²) in [5.41, 5.74) is 1.79. The van der Waals surface area contributed by atoms with Crippen LogP contribution in [0.5, 0.6) is 0 Å². The smallest absolute Gasteiger partial charge is 0.255 e. The summed E-state index contributed by atoms with van der Waals surface area (Å²) in [5, 5.41) is 4.24. The number of hydrogen-bond acceptors (Lipinski definition) is 4. The van der Waals surface area contributed by atoms with Crippen LogP contribution in [0, 0.1) is 0 Å². The number of nitrogens with zero attached hydrogens (tertiary/aromatic N) is 5. The minimum atomic E-state index is 0.0711. The van der Waals surface area contributed by atoms with Gasteiger partial charge in [0.05, 0.1) is 17.8 Å². The number of likely N-dealkylation sites (tertiary alicyclic amines) is 1. The Balaban J connectivity index is 1.52. The summed E-state index contributed by atoms with van der Waals surface area (Å²) in [4.78, 5) is 21.7. The molecule has 126 valence electrons. The zero-order chi connectivity index (χ0) is 16.5. The topological polar surface area (TPSA) is 54.3 Å². The molecule has 1 unspecified atom stereocenters. The number of aryl methyl sites for hydroxylation is 1. The fourth-order valence-corrected chi connectivity index (χ4v) is 3.78. The maximum absolute atomic E-state index is 12.9. The normalized spacial score (nSPS) is 20.8. The maximum Gasteiger partial charge on any atom is 0.255 e. The van der Waals surface area contributed by atoms with Crippen LogP contribution in [0.3, 0.4) is 0 Å². The summed E-state index contributed by atoms with van der Waals surface area (Å²) in [7, 11) is 1.91. The molecule has 2 saturated heterocycles. The highest BCUT2D eigenvalue weighted by Crippen LogP contribution is 2.33. The van der Waals surface area contributed by atoms with Gasteiger partial charge in [-0.15, -0.1) is 0 Å². The van der Waals surface area contributed by atoms with Gasteiger partial charge in [0, 0.05) is 44.6 Å². The van der Waals surface area contributed by atoms with Crippen molar-refractivity contribution in [2.75, 3.05) is 24.5 Å². The van der Waals surface area contributed by atoms with E-state index in [9.17, 15) is 4.79 Å². The van der Waals surface area contributed by atoms with Gasteiger partial charge in [0.1, 0.15) is 5.82 Å². The summed E-state index contributed by atoms with van der Waals surface area (Å²) < 4.78 is 1.79. The number of anilines is 1. The summed E-state index contributed by atoms with van der Waals surface area (Å²) in [6, 6.07) is 4.03. The van der Waals surface area contributed by atoms with Crippen LogP contribution in [-0.4, -0.2) is 45.2 Å². The van der Waals surface area contributed by atoms with Gasteiger partial charge >= 0.3 is 0 Å².